The Labute approximate surface area is 181 Å². The number of nitrogens with one attached hydrogen (secondary N) is 1. The van der Waals surface area contributed by atoms with Crippen LogP contribution in [0.25, 0.3) is 0 Å². The van der Waals surface area contributed by atoms with Crippen molar-refractivity contribution >= 4 is 33.2 Å². The number of rotatable bonds is 5. The topological polar surface area (TPSA) is 84.9 Å². The molecule has 1 N–H and O–H groups in total. The lowest BCUT2D eigenvalue weighted by molar-refractivity contribution is 0.0954. The lowest BCUT2D eigenvalue weighted by atomic mass is 10.0. The molecule has 0 saturated carbocycles. The normalized spacial score (nSPS) is 15.5. The molecular formula is C21H23ClN2O5S. The van der Waals surface area contributed by atoms with Crippen molar-refractivity contribution in [3.8, 4) is 11.5 Å². The average Bonchev–Trinajstić information content (AvgIpc) is 2.72. The van der Waals surface area contributed by atoms with Gasteiger partial charge in [0, 0.05) is 18.7 Å². The first kappa shape index (κ1) is 20.8. The number of amides is 1. The van der Waals surface area contributed by atoms with Crippen LogP contribution < -0.4 is 19.1 Å². The number of halogens is 1. The Morgan fingerprint density at radius 1 is 1.20 bits per heavy atom. The van der Waals surface area contributed by atoms with Gasteiger partial charge in [-0.3, -0.25) is 9.10 Å². The Morgan fingerprint density at radius 2 is 2.00 bits per heavy atom. The summed E-state index contributed by atoms with van der Waals surface area (Å²) in [6, 6.07) is 8.86. The Hall–Kier alpha value is -2.45. The molecule has 0 aromatic heterocycles. The Bertz CT molecular complexity index is 1090. The molecule has 2 aromatic rings. The van der Waals surface area contributed by atoms with Crippen molar-refractivity contribution in [3.63, 3.8) is 0 Å². The number of benzene rings is 2. The lowest BCUT2D eigenvalue weighted by Crippen LogP contribution is -2.34. The minimum atomic E-state index is -3.32. The average molecular weight is 451 g/mol. The van der Waals surface area contributed by atoms with Gasteiger partial charge in [-0.05, 0) is 60.7 Å². The fourth-order valence-electron chi connectivity index (χ4n) is 3.78. The number of hydrogen-bond donors (Lipinski definition) is 1. The highest BCUT2D eigenvalue weighted by molar-refractivity contribution is 7.92. The van der Waals surface area contributed by atoms with E-state index in [1.54, 1.807) is 18.2 Å². The van der Waals surface area contributed by atoms with Crippen molar-refractivity contribution in [3.05, 3.63) is 52.0 Å². The van der Waals surface area contributed by atoms with Crippen LogP contribution in [0, 0.1) is 0 Å². The number of carbonyl (C=O) groups excluding carboxylic acids is 1. The largest absolute Gasteiger partial charge is 0.486 e. The number of aryl methyl sites for hydroxylation is 1. The van der Waals surface area contributed by atoms with E-state index < -0.39 is 10.0 Å². The summed E-state index contributed by atoms with van der Waals surface area (Å²) < 4.78 is 36.5. The Morgan fingerprint density at radius 3 is 2.80 bits per heavy atom. The van der Waals surface area contributed by atoms with Crippen molar-refractivity contribution in [1.29, 1.82) is 0 Å². The predicted octanol–water partition coefficient (Wildman–Crippen LogP) is 2.80. The Balaban J connectivity index is 1.41. The van der Waals surface area contributed by atoms with Crippen LogP contribution in [0.3, 0.4) is 0 Å². The molecule has 2 aromatic carbocycles. The highest BCUT2D eigenvalue weighted by Crippen LogP contribution is 2.38. The van der Waals surface area contributed by atoms with Crippen molar-refractivity contribution in [2.45, 2.75) is 19.3 Å². The van der Waals surface area contributed by atoms with Gasteiger partial charge < -0.3 is 14.8 Å². The summed E-state index contributed by atoms with van der Waals surface area (Å²) in [6.45, 7) is 1.86. The molecule has 0 unspecified atom stereocenters. The molecule has 2 heterocycles. The molecule has 0 fully saturated rings. The molecule has 0 spiro atoms. The third kappa shape index (κ3) is 4.34. The monoisotopic (exact) mass is 450 g/mol. The minimum absolute atomic E-state index is 0.196. The third-order valence-corrected chi connectivity index (χ3v) is 6.63. The van der Waals surface area contributed by atoms with Gasteiger partial charge in [0.2, 0.25) is 10.0 Å². The van der Waals surface area contributed by atoms with E-state index in [9.17, 15) is 13.2 Å². The molecule has 0 atom stereocenters. The van der Waals surface area contributed by atoms with Gasteiger partial charge in [-0.25, -0.2) is 8.42 Å². The van der Waals surface area contributed by atoms with E-state index in [4.69, 9.17) is 21.1 Å². The van der Waals surface area contributed by atoms with Crippen molar-refractivity contribution < 1.29 is 22.7 Å². The zero-order valence-corrected chi connectivity index (χ0v) is 18.2. The highest BCUT2D eigenvalue weighted by Gasteiger charge is 2.24. The van der Waals surface area contributed by atoms with Crippen LogP contribution in [-0.4, -0.2) is 46.9 Å². The fourth-order valence-corrected chi connectivity index (χ4v) is 5.06. The zero-order chi connectivity index (χ0) is 21.3. The van der Waals surface area contributed by atoms with Crippen LogP contribution in [0.4, 0.5) is 5.69 Å². The smallest absolute Gasteiger partial charge is 0.251 e. The maximum Gasteiger partial charge on any atom is 0.251 e. The number of carbonyl (C=O) groups is 1. The number of hydrogen-bond acceptors (Lipinski definition) is 5. The molecule has 30 heavy (non-hydrogen) atoms. The van der Waals surface area contributed by atoms with E-state index >= 15 is 0 Å². The molecule has 1 amide bonds. The maximum absolute atomic E-state index is 12.6. The fraction of sp³-hybridized carbons (Fsp3) is 0.381. The summed E-state index contributed by atoms with van der Waals surface area (Å²) in [5.41, 5.74) is 2.99. The van der Waals surface area contributed by atoms with Gasteiger partial charge in [0.25, 0.3) is 5.91 Å². The number of sulfonamides is 1. The molecule has 0 radical (unpaired) electrons. The van der Waals surface area contributed by atoms with Gasteiger partial charge in [0.1, 0.15) is 13.2 Å². The first-order valence-electron chi connectivity index (χ1n) is 9.80. The maximum atomic E-state index is 12.6. The summed E-state index contributed by atoms with van der Waals surface area (Å²) >= 11 is 6.26. The second kappa shape index (κ2) is 8.35. The van der Waals surface area contributed by atoms with E-state index in [1.165, 1.54) is 10.6 Å². The molecule has 9 heteroatoms. The van der Waals surface area contributed by atoms with E-state index in [1.807, 2.05) is 12.1 Å². The second-order valence-electron chi connectivity index (χ2n) is 7.39. The first-order valence-corrected chi connectivity index (χ1v) is 12.0. The van der Waals surface area contributed by atoms with Gasteiger partial charge in [0.05, 0.1) is 17.0 Å². The summed E-state index contributed by atoms with van der Waals surface area (Å²) in [7, 11) is -3.32. The van der Waals surface area contributed by atoms with E-state index in [2.05, 4.69) is 5.32 Å². The summed E-state index contributed by atoms with van der Waals surface area (Å²) in [6.07, 6.45) is 3.27. The third-order valence-electron chi connectivity index (χ3n) is 5.17. The van der Waals surface area contributed by atoms with E-state index in [-0.39, 0.29) is 5.91 Å². The molecule has 7 nitrogen and oxygen atoms in total. The summed E-state index contributed by atoms with van der Waals surface area (Å²) in [4.78, 5) is 12.6. The molecule has 0 aliphatic carbocycles. The van der Waals surface area contributed by atoms with Crippen molar-refractivity contribution in [1.82, 2.24) is 5.32 Å². The van der Waals surface area contributed by atoms with Crippen LogP contribution in [0.1, 0.15) is 27.9 Å². The number of ether oxygens (including phenoxy) is 2. The van der Waals surface area contributed by atoms with Gasteiger partial charge in [-0.15, -0.1) is 0 Å². The van der Waals surface area contributed by atoms with Crippen LogP contribution >= 0.6 is 11.6 Å². The number of nitrogens with zero attached hydrogens (tertiary/aromatic N) is 1. The number of anilines is 1. The first-order chi connectivity index (χ1) is 14.3. The van der Waals surface area contributed by atoms with Gasteiger partial charge in [0.15, 0.2) is 11.5 Å². The van der Waals surface area contributed by atoms with Gasteiger partial charge >= 0.3 is 0 Å². The van der Waals surface area contributed by atoms with Crippen molar-refractivity contribution in [2.75, 3.05) is 36.9 Å². The number of fused-ring (bicyclic) bond motifs is 2. The molecule has 2 aliphatic rings. The van der Waals surface area contributed by atoms with E-state index in [0.29, 0.717) is 60.5 Å². The summed E-state index contributed by atoms with van der Waals surface area (Å²) in [5.74, 6) is 0.992. The minimum Gasteiger partial charge on any atom is -0.486 e. The SMILES string of the molecule is CS(=O)(=O)N1CCCc2cc(C(=O)NCCc3cc(Cl)c4c(c3)OCCO4)ccc21. The Kier molecular flexibility index (Phi) is 5.79. The van der Waals surface area contributed by atoms with E-state index in [0.717, 1.165) is 24.0 Å². The van der Waals surface area contributed by atoms with Crippen LogP contribution in [0.5, 0.6) is 11.5 Å². The molecule has 160 valence electrons. The predicted molar refractivity (Wildman–Crippen MR) is 115 cm³/mol. The van der Waals surface area contributed by atoms with Gasteiger partial charge in [-0.2, -0.15) is 0 Å². The quantitative estimate of drug-likeness (QED) is 0.757. The molecule has 2 aliphatic heterocycles. The standard InChI is InChI=1S/C21H23ClN2O5S/c1-30(26,27)24-8-2-3-15-13-16(4-5-18(15)24)21(25)23-7-6-14-11-17(22)20-19(12-14)28-9-10-29-20/h4-5,11-13H,2-3,6-10H2,1H3,(H,23,25). The molecule has 0 bridgehead atoms. The highest BCUT2D eigenvalue weighted by atomic mass is 35.5. The second-order valence-corrected chi connectivity index (χ2v) is 9.70. The van der Waals surface area contributed by atoms with Gasteiger partial charge in [-0.1, -0.05) is 11.6 Å². The van der Waals surface area contributed by atoms with Crippen LogP contribution in [-0.2, 0) is 22.9 Å². The van der Waals surface area contributed by atoms with Crippen LogP contribution in [0.15, 0.2) is 30.3 Å². The van der Waals surface area contributed by atoms with Crippen molar-refractivity contribution in [2.24, 2.45) is 0 Å². The summed E-state index contributed by atoms with van der Waals surface area (Å²) in [5, 5.41) is 3.41. The zero-order valence-electron chi connectivity index (χ0n) is 16.6. The lowest BCUT2D eigenvalue weighted by Gasteiger charge is -2.29. The molecule has 4 rings (SSSR count). The van der Waals surface area contributed by atoms with Crippen LogP contribution in [0.2, 0.25) is 5.02 Å². The molecule has 0 saturated heterocycles. The molecular weight excluding hydrogens is 428 g/mol.